The van der Waals surface area contributed by atoms with Gasteiger partial charge in [0.05, 0.1) is 17.9 Å². The minimum Gasteiger partial charge on any atom is -0.374 e. The lowest BCUT2D eigenvalue weighted by atomic mass is 9.91. The number of nitrogens with two attached hydrogens (primary N) is 1. The Kier molecular flexibility index (Phi) is 3.79. The highest BCUT2D eigenvalue weighted by molar-refractivity contribution is 6.03. The number of nitrogens with one attached hydrogen (secondary N) is 3. The van der Waals surface area contributed by atoms with Crippen LogP contribution in [0, 0.1) is 0 Å². The maximum atomic E-state index is 12.3. The Morgan fingerprint density at radius 2 is 1.95 bits per heavy atom. The Morgan fingerprint density at radius 3 is 2.71 bits per heavy atom. The molecular formula is C15H20N4O2. The first kappa shape index (κ1) is 13.9. The average Bonchev–Trinajstić information content (AvgIpc) is 2.48. The largest absolute Gasteiger partial charge is 0.374 e. The maximum Gasteiger partial charge on any atom is 0.251 e. The molecule has 0 saturated heterocycles. The third-order valence-electron chi connectivity index (χ3n) is 4.10. The van der Waals surface area contributed by atoms with E-state index in [-0.39, 0.29) is 30.4 Å². The Morgan fingerprint density at radius 1 is 1.19 bits per heavy atom. The van der Waals surface area contributed by atoms with Gasteiger partial charge in [0.15, 0.2) is 0 Å². The molecule has 0 radical (unpaired) electrons. The summed E-state index contributed by atoms with van der Waals surface area (Å²) >= 11 is 0. The molecule has 21 heavy (non-hydrogen) atoms. The maximum absolute atomic E-state index is 12.3. The number of benzene rings is 1. The van der Waals surface area contributed by atoms with Gasteiger partial charge in [0, 0.05) is 17.6 Å². The molecule has 0 unspecified atom stereocenters. The molecule has 3 rings (SSSR count). The highest BCUT2D eigenvalue weighted by Crippen LogP contribution is 2.26. The highest BCUT2D eigenvalue weighted by Gasteiger charge is 2.21. The zero-order chi connectivity index (χ0) is 14.8. The van der Waals surface area contributed by atoms with Crippen molar-refractivity contribution in [2.24, 2.45) is 5.73 Å². The monoisotopic (exact) mass is 288 g/mol. The van der Waals surface area contributed by atoms with E-state index < -0.39 is 0 Å². The van der Waals surface area contributed by atoms with Crippen LogP contribution in [0.3, 0.4) is 0 Å². The minimum absolute atomic E-state index is 0.0960. The molecular weight excluding hydrogens is 268 g/mol. The van der Waals surface area contributed by atoms with Crippen molar-refractivity contribution in [1.29, 1.82) is 0 Å². The van der Waals surface area contributed by atoms with E-state index in [4.69, 9.17) is 5.73 Å². The first-order valence-corrected chi connectivity index (χ1v) is 7.36. The van der Waals surface area contributed by atoms with Gasteiger partial charge in [0.25, 0.3) is 5.91 Å². The van der Waals surface area contributed by atoms with Gasteiger partial charge in [-0.3, -0.25) is 9.59 Å². The molecule has 0 atom stereocenters. The topological polar surface area (TPSA) is 96.2 Å². The van der Waals surface area contributed by atoms with Crippen molar-refractivity contribution >= 4 is 23.2 Å². The number of carbonyl (C=O) groups is 2. The Balaban J connectivity index is 1.67. The molecule has 1 aliphatic heterocycles. The van der Waals surface area contributed by atoms with Crippen molar-refractivity contribution in [3.05, 3.63) is 23.8 Å². The van der Waals surface area contributed by atoms with Crippen molar-refractivity contribution in [3.63, 3.8) is 0 Å². The van der Waals surface area contributed by atoms with Crippen molar-refractivity contribution in [2.75, 3.05) is 17.2 Å². The van der Waals surface area contributed by atoms with Gasteiger partial charge in [-0.1, -0.05) is 0 Å². The molecule has 0 spiro atoms. The zero-order valence-corrected chi connectivity index (χ0v) is 11.8. The number of rotatable bonds is 2. The molecule has 1 aromatic rings. The fourth-order valence-corrected chi connectivity index (χ4v) is 2.85. The van der Waals surface area contributed by atoms with Gasteiger partial charge in [0.1, 0.15) is 0 Å². The normalized spacial score (nSPS) is 24.5. The van der Waals surface area contributed by atoms with Gasteiger partial charge < -0.3 is 21.7 Å². The summed E-state index contributed by atoms with van der Waals surface area (Å²) in [5.74, 6) is -0.195. The number of amides is 2. The molecule has 1 fully saturated rings. The van der Waals surface area contributed by atoms with Gasteiger partial charge in [-0.15, -0.1) is 0 Å². The van der Waals surface area contributed by atoms with E-state index >= 15 is 0 Å². The van der Waals surface area contributed by atoms with E-state index in [9.17, 15) is 9.59 Å². The molecule has 1 heterocycles. The lowest BCUT2D eigenvalue weighted by molar-refractivity contribution is -0.114. The predicted octanol–water partition coefficient (Wildman–Crippen LogP) is 1.05. The second-order valence-electron chi connectivity index (χ2n) is 5.75. The van der Waals surface area contributed by atoms with E-state index in [2.05, 4.69) is 16.0 Å². The zero-order valence-electron chi connectivity index (χ0n) is 11.8. The van der Waals surface area contributed by atoms with Crippen LogP contribution in [0.1, 0.15) is 36.0 Å². The number of hydrogen-bond donors (Lipinski definition) is 4. The van der Waals surface area contributed by atoms with Crippen molar-refractivity contribution < 1.29 is 9.59 Å². The highest BCUT2D eigenvalue weighted by atomic mass is 16.2. The lowest BCUT2D eigenvalue weighted by Crippen LogP contribution is -2.40. The Labute approximate surface area is 123 Å². The van der Waals surface area contributed by atoms with E-state index in [0.717, 1.165) is 31.4 Å². The fourth-order valence-electron chi connectivity index (χ4n) is 2.85. The van der Waals surface area contributed by atoms with Crippen LogP contribution in [-0.4, -0.2) is 30.4 Å². The van der Waals surface area contributed by atoms with Crippen LogP contribution in [0.4, 0.5) is 11.4 Å². The van der Waals surface area contributed by atoms with Crippen molar-refractivity contribution in [3.8, 4) is 0 Å². The molecule has 2 amide bonds. The summed E-state index contributed by atoms with van der Waals surface area (Å²) in [4.78, 5) is 23.7. The third-order valence-corrected chi connectivity index (χ3v) is 4.10. The van der Waals surface area contributed by atoms with E-state index in [1.165, 1.54) is 0 Å². The Bertz CT molecular complexity index is 565. The van der Waals surface area contributed by atoms with Gasteiger partial charge in [-0.25, -0.2) is 0 Å². The minimum atomic E-state index is -0.0990. The smallest absolute Gasteiger partial charge is 0.251 e. The van der Waals surface area contributed by atoms with Gasteiger partial charge in [-0.2, -0.15) is 0 Å². The van der Waals surface area contributed by atoms with Crippen LogP contribution in [0.25, 0.3) is 0 Å². The average molecular weight is 288 g/mol. The summed E-state index contributed by atoms with van der Waals surface area (Å²) in [6.07, 6.45) is 3.76. The molecule has 1 aliphatic carbocycles. The van der Waals surface area contributed by atoms with Gasteiger partial charge >= 0.3 is 0 Å². The molecule has 6 heteroatoms. The first-order valence-electron chi connectivity index (χ1n) is 7.36. The fraction of sp³-hybridized carbons (Fsp3) is 0.467. The molecule has 1 aromatic carbocycles. The standard InChI is InChI=1S/C15H20N4O2/c16-10-2-4-11(5-3-10)18-15(21)9-1-6-12-13(7-9)19-14(20)8-17-12/h1,6-7,10-11,17H,2-5,8,16H2,(H,18,21)(H,19,20). The second-order valence-corrected chi connectivity index (χ2v) is 5.75. The van der Waals surface area contributed by atoms with Crippen molar-refractivity contribution in [2.45, 2.75) is 37.8 Å². The van der Waals surface area contributed by atoms with Crippen LogP contribution in [0.15, 0.2) is 18.2 Å². The van der Waals surface area contributed by atoms with Crippen LogP contribution in [-0.2, 0) is 4.79 Å². The predicted molar refractivity (Wildman–Crippen MR) is 81.3 cm³/mol. The molecule has 5 N–H and O–H groups in total. The van der Waals surface area contributed by atoms with Crippen molar-refractivity contribution in [1.82, 2.24) is 5.32 Å². The third kappa shape index (κ3) is 3.16. The molecule has 1 saturated carbocycles. The number of carbonyl (C=O) groups excluding carboxylic acids is 2. The molecule has 6 nitrogen and oxygen atoms in total. The molecule has 2 aliphatic rings. The van der Waals surface area contributed by atoms with Gasteiger partial charge in [-0.05, 0) is 43.9 Å². The summed E-state index contributed by atoms with van der Waals surface area (Å²) in [7, 11) is 0. The van der Waals surface area contributed by atoms with E-state index in [0.29, 0.717) is 11.3 Å². The van der Waals surface area contributed by atoms with Crippen LogP contribution in [0.2, 0.25) is 0 Å². The SMILES string of the molecule is NC1CCC(NC(=O)c2ccc3c(c2)NC(=O)CN3)CC1. The van der Waals surface area contributed by atoms with Crippen LogP contribution >= 0.6 is 0 Å². The quantitative estimate of drug-likeness (QED) is 0.654. The lowest BCUT2D eigenvalue weighted by Gasteiger charge is -2.27. The summed E-state index contributed by atoms with van der Waals surface area (Å²) < 4.78 is 0. The van der Waals surface area contributed by atoms with E-state index in [1.807, 2.05) is 6.07 Å². The summed E-state index contributed by atoms with van der Waals surface area (Å²) in [6.45, 7) is 0.265. The second kappa shape index (κ2) is 5.73. The summed E-state index contributed by atoms with van der Waals surface area (Å²) in [5, 5.41) is 8.82. The molecule has 112 valence electrons. The van der Waals surface area contributed by atoms with Crippen LogP contribution in [0.5, 0.6) is 0 Å². The Hall–Kier alpha value is -2.08. The summed E-state index contributed by atoms with van der Waals surface area (Å²) in [5.41, 5.74) is 7.93. The first-order chi connectivity index (χ1) is 10.1. The van der Waals surface area contributed by atoms with E-state index in [1.54, 1.807) is 12.1 Å². The molecule has 0 aromatic heterocycles. The van der Waals surface area contributed by atoms with Crippen LogP contribution < -0.4 is 21.7 Å². The number of fused-ring (bicyclic) bond motifs is 1. The summed E-state index contributed by atoms with van der Waals surface area (Å²) in [6, 6.07) is 5.76. The number of hydrogen-bond acceptors (Lipinski definition) is 4. The number of anilines is 2. The van der Waals surface area contributed by atoms with Gasteiger partial charge in [0.2, 0.25) is 5.91 Å². The molecule has 0 bridgehead atoms.